The van der Waals surface area contributed by atoms with Crippen LogP contribution in [0.15, 0.2) is 42.5 Å². The van der Waals surface area contributed by atoms with Gasteiger partial charge >= 0.3 is 0 Å². The fourth-order valence-electron chi connectivity index (χ4n) is 3.11. The van der Waals surface area contributed by atoms with Gasteiger partial charge in [-0.3, -0.25) is 14.6 Å². The molecule has 3 rings (SSSR count). The van der Waals surface area contributed by atoms with Crippen molar-refractivity contribution in [1.82, 2.24) is 9.80 Å². The molecule has 1 aliphatic heterocycles. The molecule has 1 heterocycles. The third-order valence-electron chi connectivity index (χ3n) is 4.77. The minimum atomic E-state index is -0.978. The van der Waals surface area contributed by atoms with Gasteiger partial charge in [0.25, 0.3) is 0 Å². The predicted octanol–water partition coefficient (Wildman–Crippen LogP) is 2.61. The van der Waals surface area contributed by atoms with E-state index in [0.29, 0.717) is 6.61 Å². The first kappa shape index (κ1) is 21.0. The van der Waals surface area contributed by atoms with E-state index in [2.05, 4.69) is 10.2 Å². The highest BCUT2D eigenvalue weighted by Crippen LogP contribution is 2.17. The Morgan fingerprint density at radius 1 is 0.966 bits per heavy atom. The van der Waals surface area contributed by atoms with Crippen molar-refractivity contribution in [2.45, 2.75) is 0 Å². The van der Waals surface area contributed by atoms with Gasteiger partial charge in [-0.05, 0) is 36.4 Å². The number of benzene rings is 2. The van der Waals surface area contributed by atoms with E-state index in [-0.39, 0.29) is 18.1 Å². The minimum absolute atomic E-state index is 0.217. The first-order valence-corrected chi connectivity index (χ1v) is 9.50. The maximum atomic E-state index is 13.2. The first-order valence-electron chi connectivity index (χ1n) is 9.50. The van der Waals surface area contributed by atoms with E-state index in [1.54, 1.807) is 7.11 Å². The molecule has 0 aromatic heterocycles. The third kappa shape index (κ3) is 6.40. The van der Waals surface area contributed by atoms with Crippen LogP contribution in [0, 0.1) is 11.6 Å². The van der Waals surface area contributed by atoms with E-state index >= 15 is 0 Å². The summed E-state index contributed by atoms with van der Waals surface area (Å²) in [6, 6.07) is 10.8. The standard InChI is InChI=1S/C21H25F2N3O3/c1-28-17-3-5-18(6-4-17)29-13-12-25-8-10-26(11-9-25)15-21(27)24-16-2-7-19(22)20(23)14-16/h2-7,14H,8-13,15H2,1H3,(H,24,27). The van der Waals surface area contributed by atoms with Crippen molar-refractivity contribution < 1.29 is 23.0 Å². The molecule has 1 amide bonds. The number of methoxy groups -OCH3 is 1. The van der Waals surface area contributed by atoms with E-state index < -0.39 is 11.6 Å². The van der Waals surface area contributed by atoms with Crippen LogP contribution in [0.3, 0.4) is 0 Å². The maximum absolute atomic E-state index is 13.2. The van der Waals surface area contributed by atoms with E-state index in [1.807, 2.05) is 29.2 Å². The minimum Gasteiger partial charge on any atom is -0.497 e. The van der Waals surface area contributed by atoms with Crippen LogP contribution in [-0.2, 0) is 4.79 Å². The third-order valence-corrected chi connectivity index (χ3v) is 4.77. The highest BCUT2D eigenvalue weighted by atomic mass is 19.2. The van der Waals surface area contributed by atoms with Crippen molar-refractivity contribution in [3.05, 3.63) is 54.1 Å². The number of ether oxygens (including phenoxy) is 2. The van der Waals surface area contributed by atoms with Crippen LogP contribution in [0.1, 0.15) is 0 Å². The molecule has 0 saturated carbocycles. The molecule has 1 aliphatic rings. The van der Waals surface area contributed by atoms with Crippen molar-refractivity contribution in [3.8, 4) is 11.5 Å². The molecule has 2 aromatic rings. The fraction of sp³-hybridized carbons (Fsp3) is 0.381. The Bertz CT molecular complexity index is 809. The summed E-state index contributed by atoms with van der Waals surface area (Å²) in [6.45, 7) is 4.80. The lowest BCUT2D eigenvalue weighted by Crippen LogP contribution is -2.49. The molecular weight excluding hydrogens is 380 g/mol. The van der Waals surface area contributed by atoms with Crippen LogP contribution < -0.4 is 14.8 Å². The van der Waals surface area contributed by atoms with E-state index in [1.165, 1.54) is 6.07 Å². The highest BCUT2D eigenvalue weighted by molar-refractivity contribution is 5.92. The molecule has 0 radical (unpaired) electrons. The van der Waals surface area contributed by atoms with Gasteiger partial charge in [-0.15, -0.1) is 0 Å². The molecule has 156 valence electrons. The molecule has 8 heteroatoms. The molecular formula is C21H25F2N3O3. The molecule has 0 unspecified atom stereocenters. The monoisotopic (exact) mass is 405 g/mol. The van der Waals surface area contributed by atoms with Crippen molar-refractivity contribution in [2.75, 3.05) is 58.3 Å². The summed E-state index contributed by atoms with van der Waals surface area (Å²) in [5.74, 6) is -0.559. The Morgan fingerprint density at radius 3 is 2.28 bits per heavy atom. The summed E-state index contributed by atoms with van der Waals surface area (Å²) in [7, 11) is 1.63. The summed E-state index contributed by atoms with van der Waals surface area (Å²) in [5, 5.41) is 2.60. The smallest absolute Gasteiger partial charge is 0.238 e. The number of nitrogens with one attached hydrogen (secondary N) is 1. The Balaban J connectivity index is 1.34. The summed E-state index contributed by atoms with van der Waals surface area (Å²) < 4.78 is 37.0. The second kappa shape index (κ2) is 10.2. The molecule has 1 saturated heterocycles. The number of amides is 1. The fourth-order valence-corrected chi connectivity index (χ4v) is 3.11. The summed E-state index contributed by atoms with van der Waals surface area (Å²) >= 11 is 0. The van der Waals surface area contributed by atoms with Crippen LogP contribution in [0.5, 0.6) is 11.5 Å². The van der Waals surface area contributed by atoms with Gasteiger partial charge in [0, 0.05) is 44.5 Å². The molecule has 1 N–H and O–H groups in total. The van der Waals surface area contributed by atoms with Gasteiger partial charge < -0.3 is 14.8 Å². The van der Waals surface area contributed by atoms with Crippen molar-refractivity contribution in [2.24, 2.45) is 0 Å². The zero-order valence-electron chi connectivity index (χ0n) is 16.4. The van der Waals surface area contributed by atoms with Gasteiger partial charge in [-0.2, -0.15) is 0 Å². The van der Waals surface area contributed by atoms with E-state index in [0.717, 1.165) is 56.4 Å². The zero-order valence-corrected chi connectivity index (χ0v) is 16.4. The lowest BCUT2D eigenvalue weighted by Gasteiger charge is -2.34. The molecule has 2 aromatic carbocycles. The Morgan fingerprint density at radius 2 is 1.62 bits per heavy atom. The molecule has 0 atom stereocenters. The number of hydrogen-bond donors (Lipinski definition) is 1. The topological polar surface area (TPSA) is 54.0 Å². The SMILES string of the molecule is COc1ccc(OCCN2CCN(CC(=O)Nc3ccc(F)c(F)c3)CC2)cc1. The Hall–Kier alpha value is -2.71. The highest BCUT2D eigenvalue weighted by Gasteiger charge is 2.19. The van der Waals surface area contributed by atoms with Crippen LogP contribution >= 0.6 is 0 Å². The second-order valence-corrected chi connectivity index (χ2v) is 6.82. The normalized spacial score (nSPS) is 15.1. The van der Waals surface area contributed by atoms with E-state index in [4.69, 9.17) is 9.47 Å². The van der Waals surface area contributed by atoms with E-state index in [9.17, 15) is 13.6 Å². The average Bonchev–Trinajstić information content (AvgIpc) is 2.72. The molecule has 6 nitrogen and oxygen atoms in total. The number of anilines is 1. The Labute approximate surface area is 169 Å². The summed E-state index contributed by atoms with van der Waals surface area (Å²) in [4.78, 5) is 16.4. The van der Waals surface area contributed by atoms with Crippen molar-refractivity contribution in [3.63, 3.8) is 0 Å². The van der Waals surface area contributed by atoms with Crippen molar-refractivity contribution >= 4 is 11.6 Å². The predicted molar refractivity (Wildman–Crippen MR) is 106 cm³/mol. The van der Waals surface area contributed by atoms with Crippen LogP contribution in [0.2, 0.25) is 0 Å². The number of nitrogens with zero attached hydrogens (tertiary/aromatic N) is 2. The number of halogens is 2. The number of hydrogen-bond acceptors (Lipinski definition) is 5. The lowest BCUT2D eigenvalue weighted by molar-refractivity contribution is -0.117. The summed E-state index contributed by atoms with van der Waals surface area (Å²) in [6.07, 6.45) is 0. The maximum Gasteiger partial charge on any atom is 0.238 e. The van der Waals surface area contributed by atoms with Gasteiger partial charge in [0.05, 0.1) is 13.7 Å². The number of carbonyl (C=O) groups is 1. The van der Waals surface area contributed by atoms with Crippen molar-refractivity contribution in [1.29, 1.82) is 0 Å². The van der Waals surface area contributed by atoms with Crippen LogP contribution in [0.25, 0.3) is 0 Å². The Kier molecular flexibility index (Phi) is 7.37. The summed E-state index contributed by atoms with van der Waals surface area (Å²) in [5.41, 5.74) is 0.253. The molecule has 29 heavy (non-hydrogen) atoms. The zero-order chi connectivity index (χ0) is 20.6. The first-order chi connectivity index (χ1) is 14.0. The largest absolute Gasteiger partial charge is 0.497 e. The van der Waals surface area contributed by atoms with Gasteiger partial charge in [0.15, 0.2) is 11.6 Å². The average molecular weight is 405 g/mol. The number of rotatable bonds is 8. The molecule has 0 aliphatic carbocycles. The number of piperazine rings is 1. The van der Waals surface area contributed by atoms with Gasteiger partial charge in [-0.1, -0.05) is 0 Å². The number of carbonyl (C=O) groups excluding carboxylic acids is 1. The van der Waals surface area contributed by atoms with Crippen LogP contribution in [0.4, 0.5) is 14.5 Å². The second-order valence-electron chi connectivity index (χ2n) is 6.82. The molecule has 0 spiro atoms. The molecule has 0 bridgehead atoms. The van der Waals surface area contributed by atoms with Gasteiger partial charge in [0.2, 0.25) is 5.91 Å². The van der Waals surface area contributed by atoms with Gasteiger partial charge in [-0.25, -0.2) is 8.78 Å². The lowest BCUT2D eigenvalue weighted by atomic mass is 10.3. The molecule has 1 fully saturated rings. The van der Waals surface area contributed by atoms with Gasteiger partial charge in [0.1, 0.15) is 18.1 Å². The quantitative estimate of drug-likeness (QED) is 0.732. The van der Waals surface area contributed by atoms with Crippen LogP contribution in [-0.4, -0.2) is 68.7 Å².